The van der Waals surface area contributed by atoms with Gasteiger partial charge in [0.15, 0.2) is 0 Å². The summed E-state index contributed by atoms with van der Waals surface area (Å²) in [6, 6.07) is 5.97. The largest absolute Gasteiger partial charge is 0.550 e. The first-order chi connectivity index (χ1) is 8.44. The van der Waals surface area contributed by atoms with Gasteiger partial charge in [-0.2, -0.15) is 0 Å². The van der Waals surface area contributed by atoms with Gasteiger partial charge in [0.25, 0.3) is 0 Å². The number of rotatable bonds is 4. The number of hydrogen-bond acceptors (Lipinski definition) is 3. The monoisotopic (exact) mass is 245 g/mol. The fourth-order valence-corrected chi connectivity index (χ4v) is 2.00. The highest BCUT2D eigenvalue weighted by Crippen LogP contribution is 2.31. The summed E-state index contributed by atoms with van der Waals surface area (Å²) in [7, 11) is 0. The highest BCUT2D eigenvalue weighted by Gasteiger charge is 2.19. The molecule has 3 heteroatoms. The third-order valence-electron chi connectivity index (χ3n) is 3.65. The van der Waals surface area contributed by atoms with E-state index in [1.54, 1.807) is 0 Å². The normalized spacial score (nSPS) is 11.9. The molecule has 0 radical (unpaired) electrons. The van der Waals surface area contributed by atoms with Gasteiger partial charge in [0.1, 0.15) is 5.58 Å². The van der Waals surface area contributed by atoms with E-state index in [1.807, 2.05) is 18.2 Å². The minimum absolute atomic E-state index is 0.0736. The average molecular weight is 245 g/mol. The van der Waals surface area contributed by atoms with E-state index in [2.05, 4.69) is 20.8 Å². The maximum atomic E-state index is 10.7. The Hall–Kier alpha value is -1.77. The zero-order valence-corrected chi connectivity index (χ0v) is 10.9. The number of carboxylic acid groups (broad SMARTS) is 1. The van der Waals surface area contributed by atoms with Crippen molar-refractivity contribution in [1.82, 2.24) is 0 Å². The third-order valence-corrected chi connectivity index (χ3v) is 3.65. The summed E-state index contributed by atoms with van der Waals surface area (Å²) in [5.74, 6) is -1.09. The van der Waals surface area contributed by atoms with Gasteiger partial charge in [0, 0.05) is 23.3 Å². The summed E-state index contributed by atoms with van der Waals surface area (Å²) >= 11 is 0. The number of hydrogen-bond donors (Lipinski definition) is 0. The molecule has 2 rings (SSSR count). The molecule has 0 bridgehead atoms. The lowest BCUT2D eigenvalue weighted by atomic mass is 9.82. The standard InChI is InChI=1S/C15H18O3/c1-4-15(2,3)11-5-6-13-12(8-11)10(9-18-13)7-14(16)17/h5-6,8-9H,4,7H2,1-3H3,(H,16,17)/p-1. The molecule has 0 saturated carbocycles. The van der Waals surface area contributed by atoms with Crippen LogP contribution in [0.3, 0.4) is 0 Å². The Morgan fingerprint density at radius 1 is 1.39 bits per heavy atom. The molecule has 0 aliphatic rings. The SMILES string of the molecule is CCC(C)(C)c1ccc2occ(CC(=O)[O-])c2c1. The quantitative estimate of drug-likeness (QED) is 0.831. The van der Waals surface area contributed by atoms with Gasteiger partial charge in [0.2, 0.25) is 0 Å². The molecule has 3 nitrogen and oxygen atoms in total. The molecule has 1 aromatic heterocycles. The van der Waals surface area contributed by atoms with Crippen molar-refractivity contribution in [3.05, 3.63) is 35.6 Å². The second-order valence-corrected chi connectivity index (χ2v) is 5.26. The summed E-state index contributed by atoms with van der Waals surface area (Å²) in [6.07, 6.45) is 2.42. The van der Waals surface area contributed by atoms with Crippen LogP contribution in [0.25, 0.3) is 11.0 Å². The fourth-order valence-electron chi connectivity index (χ4n) is 2.00. The van der Waals surface area contributed by atoms with Gasteiger partial charge in [-0.25, -0.2) is 0 Å². The molecular formula is C15H17O3-. The molecule has 2 aromatic rings. The number of benzene rings is 1. The predicted molar refractivity (Wildman–Crippen MR) is 68.2 cm³/mol. The molecule has 0 spiro atoms. The first-order valence-corrected chi connectivity index (χ1v) is 6.14. The topological polar surface area (TPSA) is 53.3 Å². The summed E-state index contributed by atoms with van der Waals surface area (Å²) in [5, 5.41) is 11.6. The second kappa shape index (κ2) is 4.48. The van der Waals surface area contributed by atoms with E-state index in [4.69, 9.17) is 4.42 Å². The molecule has 18 heavy (non-hydrogen) atoms. The van der Waals surface area contributed by atoms with Crippen LogP contribution in [0.2, 0.25) is 0 Å². The molecule has 1 aromatic carbocycles. The Morgan fingerprint density at radius 2 is 2.11 bits per heavy atom. The van der Waals surface area contributed by atoms with Gasteiger partial charge in [0.05, 0.1) is 6.26 Å². The highest BCUT2D eigenvalue weighted by atomic mass is 16.4. The van der Waals surface area contributed by atoms with Gasteiger partial charge in [-0.15, -0.1) is 0 Å². The van der Waals surface area contributed by atoms with Crippen LogP contribution >= 0.6 is 0 Å². The molecule has 0 fully saturated rings. The van der Waals surface area contributed by atoms with E-state index in [-0.39, 0.29) is 11.8 Å². The van der Waals surface area contributed by atoms with Crippen LogP contribution in [0.15, 0.2) is 28.9 Å². The summed E-state index contributed by atoms with van der Waals surface area (Å²) < 4.78 is 5.36. The second-order valence-electron chi connectivity index (χ2n) is 5.26. The predicted octanol–water partition coefficient (Wildman–Crippen LogP) is 2.41. The molecule has 0 atom stereocenters. The van der Waals surface area contributed by atoms with Crippen LogP contribution in [0.1, 0.15) is 38.3 Å². The van der Waals surface area contributed by atoms with Crippen molar-refractivity contribution in [2.75, 3.05) is 0 Å². The van der Waals surface area contributed by atoms with Gasteiger partial charge in [-0.05, 0) is 29.5 Å². The first-order valence-electron chi connectivity index (χ1n) is 6.14. The molecule has 0 aliphatic heterocycles. The molecule has 96 valence electrons. The van der Waals surface area contributed by atoms with Gasteiger partial charge in [-0.3, -0.25) is 0 Å². The maximum absolute atomic E-state index is 10.7. The number of carbonyl (C=O) groups excluding carboxylic acids is 1. The lowest BCUT2D eigenvalue weighted by Crippen LogP contribution is -2.24. The number of carbonyl (C=O) groups is 1. The lowest BCUT2D eigenvalue weighted by Gasteiger charge is -2.23. The van der Waals surface area contributed by atoms with E-state index >= 15 is 0 Å². The fraction of sp³-hybridized carbons (Fsp3) is 0.400. The van der Waals surface area contributed by atoms with E-state index in [9.17, 15) is 9.90 Å². The molecule has 0 aliphatic carbocycles. The van der Waals surface area contributed by atoms with Crippen molar-refractivity contribution in [1.29, 1.82) is 0 Å². The third kappa shape index (κ3) is 2.26. The van der Waals surface area contributed by atoms with Crippen LogP contribution < -0.4 is 5.11 Å². The van der Waals surface area contributed by atoms with Crippen molar-refractivity contribution in [3.8, 4) is 0 Å². The Bertz CT molecular complexity index is 578. The van der Waals surface area contributed by atoms with E-state index in [0.29, 0.717) is 5.56 Å². The molecule has 1 heterocycles. The first kappa shape index (κ1) is 12.7. The van der Waals surface area contributed by atoms with Crippen LogP contribution in [0.5, 0.6) is 0 Å². The van der Waals surface area contributed by atoms with Crippen molar-refractivity contribution < 1.29 is 14.3 Å². The Morgan fingerprint density at radius 3 is 2.72 bits per heavy atom. The Labute approximate surface area is 106 Å². The highest BCUT2D eigenvalue weighted by molar-refractivity contribution is 5.85. The molecule has 0 amide bonds. The molecule has 0 unspecified atom stereocenters. The Balaban J connectivity index is 2.52. The molecule has 0 N–H and O–H groups in total. The van der Waals surface area contributed by atoms with Crippen molar-refractivity contribution in [2.45, 2.75) is 39.0 Å². The van der Waals surface area contributed by atoms with Gasteiger partial charge >= 0.3 is 0 Å². The maximum Gasteiger partial charge on any atom is 0.134 e. The number of aliphatic carboxylic acids is 1. The number of fused-ring (bicyclic) bond motifs is 1. The molecule has 0 saturated heterocycles. The summed E-state index contributed by atoms with van der Waals surface area (Å²) in [6.45, 7) is 6.49. The Kier molecular flexibility index (Phi) is 3.16. The van der Waals surface area contributed by atoms with E-state index in [1.165, 1.54) is 11.8 Å². The minimum atomic E-state index is -1.09. The lowest BCUT2D eigenvalue weighted by molar-refractivity contribution is -0.304. The summed E-state index contributed by atoms with van der Waals surface area (Å²) in [5.41, 5.74) is 2.67. The van der Waals surface area contributed by atoms with Crippen LogP contribution in [-0.4, -0.2) is 5.97 Å². The minimum Gasteiger partial charge on any atom is -0.550 e. The molecular weight excluding hydrogens is 228 g/mol. The van der Waals surface area contributed by atoms with Crippen LogP contribution in [-0.2, 0) is 16.6 Å². The average Bonchev–Trinajstić information content (AvgIpc) is 2.71. The van der Waals surface area contributed by atoms with Gasteiger partial charge in [-0.1, -0.05) is 26.8 Å². The van der Waals surface area contributed by atoms with E-state index < -0.39 is 5.97 Å². The van der Waals surface area contributed by atoms with Crippen LogP contribution in [0.4, 0.5) is 0 Å². The number of carboxylic acids is 1. The zero-order chi connectivity index (χ0) is 13.3. The van der Waals surface area contributed by atoms with Gasteiger partial charge < -0.3 is 14.3 Å². The smallest absolute Gasteiger partial charge is 0.134 e. The number of furan rings is 1. The zero-order valence-electron chi connectivity index (χ0n) is 10.9. The summed E-state index contributed by atoms with van der Waals surface area (Å²) in [4.78, 5) is 10.7. The van der Waals surface area contributed by atoms with Crippen LogP contribution in [0, 0.1) is 0 Å². The van der Waals surface area contributed by atoms with Crippen molar-refractivity contribution in [2.24, 2.45) is 0 Å². The van der Waals surface area contributed by atoms with Crippen molar-refractivity contribution in [3.63, 3.8) is 0 Å². The van der Waals surface area contributed by atoms with E-state index in [0.717, 1.165) is 17.4 Å². The van der Waals surface area contributed by atoms with Crippen molar-refractivity contribution >= 4 is 16.9 Å².